The summed E-state index contributed by atoms with van der Waals surface area (Å²) in [5.74, 6) is -0.769. The predicted molar refractivity (Wildman–Crippen MR) is 33.1 cm³/mol. The minimum Gasteiger partial charge on any atom is -0.170 e. The highest BCUT2D eigenvalue weighted by atomic mass is 32.2. The monoisotopic (exact) mass is 157 g/mol. The molecule has 0 aliphatic heterocycles. The zero-order chi connectivity index (χ0) is 7.49. The highest BCUT2D eigenvalue weighted by molar-refractivity contribution is 8.02. The Labute approximate surface area is 56.8 Å². The van der Waals surface area contributed by atoms with Crippen LogP contribution in [0.1, 0.15) is 13.8 Å². The number of hydrogen-bond acceptors (Lipinski definition) is 1. The van der Waals surface area contributed by atoms with Crippen molar-refractivity contribution in [1.29, 1.82) is 0 Å². The van der Waals surface area contributed by atoms with Gasteiger partial charge in [0.05, 0.1) is 5.75 Å². The maximum Gasteiger partial charge on any atom is 0.397 e. The van der Waals surface area contributed by atoms with Gasteiger partial charge >= 0.3 is 6.18 Å². The maximum absolute atomic E-state index is 11.4. The molecule has 0 aromatic carbocycles. The molecule has 0 aliphatic carbocycles. The van der Waals surface area contributed by atoms with Crippen molar-refractivity contribution in [3.8, 4) is 0 Å². The number of hydrogen-bond donors (Lipinski definition) is 0. The molecule has 0 nitrogen and oxygen atoms in total. The van der Waals surface area contributed by atoms with Crippen molar-refractivity contribution >= 4 is 11.8 Å². The number of alkyl halides is 3. The first-order chi connectivity index (χ1) is 3.92. The summed E-state index contributed by atoms with van der Waals surface area (Å²) in [5.41, 5.74) is 0. The molecule has 0 amide bonds. The van der Waals surface area contributed by atoms with Crippen molar-refractivity contribution < 1.29 is 13.2 Å². The van der Waals surface area contributed by atoms with Gasteiger partial charge in [0.15, 0.2) is 0 Å². The van der Waals surface area contributed by atoms with E-state index < -0.39 is 11.9 Å². The Balaban J connectivity index is 3.28. The van der Waals surface area contributed by atoms with Gasteiger partial charge in [0.1, 0.15) is 0 Å². The van der Waals surface area contributed by atoms with E-state index in [1.807, 2.05) is 0 Å². The molecule has 0 aromatic rings. The molecule has 0 atom stereocenters. The summed E-state index contributed by atoms with van der Waals surface area (Å²) in [6, 6.07) is 0. The normalized spacial score (nSPS) is 12.7. The van der Waals surface area contributed by atoms with Gasteiger partial charge in [0, 0.05) is 5.25 Å². The molecule has 0 saturated carbocycles. The van der Waals surface area contributed by atoms with Crippen LogP contribution >= 0.6 is 11.8 Å². The van der Waals surface area contributed by atoms with E-state index in [2.05, 4.69) is 0 Å². The lowest BCUT2D eigenvalue weighted by molar-refractivity contribution is -0.105. The van der Waals surface area contributed by atoms with Gasteiger partial charge in [-0.15, -0.1) is 11.8 Å². The second kappa shape index (κ2) is 3.34. The zero-order valence-electron chi connectivity index (χ0n) is 5.25. The van der Waals surface area contributed by atoms with Gasteiger partial charge in [0.25, 0.3) is 0 Å². The van der Waals surface area contributed by atoms with Crippen LogP contribution in [0.4, 0.5) is 13.2 Å². The second-order valence-corrected chi connectivity index (χ2v) is 3.21. The first-order valence-electron chi connectivity index (χ1n) is 2.41. The Kier molecular flexibility index (Phi) is 3.40. The topological polar surface area (TPSA) is 0 Å². The molecule has 0 spiro atoms. The van der Waals surface area contributed by atoms with Crippen LogP contribution in [-0.2, 0) is 0 Å². The Morgan fingerprint density at radius 1 is 1.33 bits per heavy atom. The van der Waals surface area contributed by atoms with Crippen molar-refractivity contribution in [2.24, 2.45) is 0 Å². The molecule has 0 fully saturated rings. The molecule has 55 valence electrons. The quantitative estimate of drug-likeness (QED) is 0.594. The lowest BCUT2D eigenvalue weighted by Crippen LogP contribution is -2.11. The molecule has 1 radical (unpaired) electrons. The Bertz CT molecular complexity index is 76.8. The Hall–Kier alpha value is 0.140. The van der Waals surface area contributed by atoms with Crippen molar-refractivity contribution in [3.63, 3.8) is 0 Å². The van der Waals surface area contributed by atoms with E-state index in [-0.39, 0.29) is 0 Å². The van der Waals surface area contributed by atoms with Gasteiger partial charge in [-0.1, -0.05) is 0 Å². The largest absolute Gasteiger partial charge is 0.397 e. The van der Waals surface area contributed by atoms with Crippen molar-refractivity contribution in [3.05, 3.63) is 5.25 Å². The van der Waals surface area contributed by atoms with Crippen LogP contribution in [0.2, 0.25) is 0 Å². The average Bonchev–Trinajstić information content (AvgIpc) is 1.59. The van der Waals surface area contributed by atoms with E-state index in [0.717, 1.165) is 17.0 Å². The van der Waals surface area contributed by atoms with Gasteiger partial charge in [-0.25, -0.2) is 0 Å². The van der Waals surface area contributed by atoms with Crippen LogP contribution in [0.3, 0.4) is 0 Å². The third-order valence-corrected chi connectivity index (χ3v) is 1.57. The number of thioether (sulfide) groups is 1. The smallest absolute Gasteiger partial charge is 0.170 e. The molecule has 9 heavy (non-hydrogen) atoms. The molecule has 0 heterocycles. The summed E-state index contributed by atoms with van der Waals surface area (Å²) in [4.78, 5) is 0. The van der Waals surface area contributed by atoms with Crippen LogP contribution < -0.4 is 0 Å². The van der Waals surface area contributed by atoms with E-state index in [4.69, 9.17) is 0 Å². The molecular formula is C5H8F3S. The third-order valence-electron chi connectivity index (χ3n) is 0.525. The van der Waals surface area contributed by atoms with Crippen LogP contribution in [0.5, 0.6) is 0 Å². The summed E-state index contributed by atoms with van der Waals surface area (Å²) in [7, 11) is 0. The van der Waals surface area contributed by atoms with Crippen LogP contribution in [0.15, 0.2) is 0 Å². The van der Waals surface area contributed by atoms with Crippen molar-refractivity contribution in [2.75, 3.05) is 5.75 Å². The fraction of sp³-hybridized carbons (Fsp3) is 0.800. The maximum atomic E-state index is 11.4. The Morgan fingerprint density at radius 3 is 1.89 bits per heavy atom. The standard InChI is InChI=1S/C5H8F3S/c1-4(2)9-3-5(6,7)8/h3H2,1-2H3. The summed E-state index contributed by atoms with van der Waals surface area (Å²) in [6.45, 7) is 3.33. The minimum absolute atomic E-state index is 0.743. The summed E-state index contributed by atoms with van der Waals surface area (Å²) in [5, 5.41) is 0.743. The first kappa shape index (κ1) is 9.14. The number of halogens is 3. The fourth-order valence-electron chi connectivity index (χ4n) is 0.226. The average molecular weight is 157 g/mol. The molecule has 0 bridgehead atoms. The summed E-state index contributed by atoms with van der Waals surface area (Å²) in [6.07, 6.45) is -4.03. The Morgan fingerprint density at radius 2 is 1.78 bits per heavy atom. The van der Waals surface area contributed by atoms with E-state index >= 15 is 0 Å². The van der Waals surface area contributed by atoms with Crippen LogP contribution in [0, 0.1) is 5.25 Å². The van der Waals surface area contributed by atoms with Gasteiger partial charge in [-0.05, 0) is 13.8 Å². The zero-order valence-corrected chi connectivity index (χ0v) is 6.07. The molecular weight excluding hydrogens is 149 g/mol. The van der Waals surface area contributed by atoms with Gasteiger partial charge in [0.2, 0.25) is 0 Å². The van der Waals surface area contributed by atoms with E-state index in [1.54, 1.807) is 13.8 Å². The lowest BCUT2D eigenvalue weighted by atomic mass is 10.6. The van der Waals surface area contributed by atoms with Crippen molar-refractivity contribution in [1.82, 2.24) is 0 Å². The number of rotatable bonds is 2. The van der Waals surface area contributed by atoms with E-state index in [1.165, 1.54) is 0 Å². The summed E-state index contributed by atoms with van der Waals surface area (Å²) < 4.78 is 34.1. The molecule has 0 aromatic heterocycles. The third kappa shape index (κ3) is 8.14. The van der Waals surface area contributed by atoms with E-state index in [0.29, 0.717) is 0 Å². The predicted octanol–water partition coefficient (Wildman–Crippen LogP) is 2.85. The lowest BCUT2D eigenvalue weighted by Gasteiger charge is -2.06. The second-order valence-electron chi connectivity index (χ2n) is 1.81. The molecule has 0 N–H and O–H groups in total. The molecule has 0 unspecified atom stereocenters. The van der Waals surface area contributed by atoms with E-state index in [9.17, 15) is 13.2 Å². The summed E-state index contributed by atoms with van der Waals surface area (Å²) >= 11 is 0.830. The molecule has 4 heteroatoms. The van der Waals surface area contributed by atoms with Gasteiger partial charge < -0.3 is 0 Å². The van der Waals surface area contributed by atoms with Crippen LogP contribution in [-0.4, -0.2) is 11.9 Å². The minimum atomic E-state index is -4.03. The highest BCUT2D eigenvalue weighted by Gasteiger charge is 2.27. The molecule has 0 aliphatic rings. The van der Waals surface area contributed by atoms with Crippen molar-refractivity contribution in [2.45, 2.75) is 20.0 Å². The molecule has 0 rings (SSSR count). The molecule has 0 saturated heterocycles. The SMILES string of the molecule is C[C](C)SCC(F)(F)F. The fourth-order valence-corrected chi connectivity index (χ4v) is 0.679. The first-order valence-corrected chi connectivity index (χ1v) is 3.40. The highest BCUT2D eigenvalue weighted by Crippen LogP contribution is 2.26. The van der Waals surface area contributed by atoms with Gasteiger partial charge in [-0.2, -0.15) is 13.2 Å². The van der Waals surface area contributed by atoms with Crippen LogP contribution in [0.25, 0.3) is 0 Å². The van der Waals surface area contributed by atoms with Gasteiger partial charge in [-0.3, -0.25) is 0 Å².